The Bertz CT molecular complexity index is 561. The molecule has 92 valence electrons. The maximum absolute atomic E-state index is 11.4. The van der Waals surface area contributed by atoms with E-state index in [1.54, 1.807) is 6.07 Å². The molecule has 5 nitrogen and oxygen atoms in total. The van der Waals surface area contributed by atoms with Gasteiger partial charge in [0.2, 0.25) is 0 Å². The molecule has 1 aromatic rings. The molecule has 1 aromatic carbocycles. The predicted octanol–water partition coefficient (Wildman–Crippen LogP) is 0.856. The van der Waals surface area contributed by atoms with Crippen molar-refractivity contribution in [2.45, 2.75) is 11.3 Å². The van der Waals surface area contributed by atoms with Gasteiger partial charge < -0.3 is 10.8 Å². The Morgan fingerprint density at radius 1 is 1.47 bits per heavy atom. The lowest BCUT2D eigenvalue weighted by Crippen LogP contribution is -2.03. The first-order valence-corrected chi connectivity index (χ1v) is 6.68. The van der Waals surface area contributed by atoms with Crippen molar-refractivity contribution in [3.8, 4) is 0 Å². The van der Waals surface area contributed by atoms with Crippen molar-refractivity contribution in [2.75, 3.05) is 12.0 Å². The Morgan fingerprint density at radius 2 is 2.12 bits per heavy atom. The van der Waals surface area contributed by atoms with E-state index in [2.05, 4.69) is 0 Å². The molecule has 0 aromatic heterocycles. The second-order valence-electron chi connectivity index (χ2n) is 3.59. The van der Waals surface area contributed by atoms with Crippen molar-refractivity contribution in [2.24, 2.45) is 0 Å². The monoisotopic (exact) mass is 255 g/mol. The summed E-state index contributed by atoms with van der Waals surface area (Å²) in [5.74, 6) is -1.04. The average molecular weight is 255 g/mol. The van der Waals surface area contributed by atoms with Crippen LogP contribution in [0.3, 0.4) is 0 Å². The number of nitrogen functional groups attached to an aromatic ring is 1. The molecule has 0 fully saturated rings. The molecule has 0 atom stereocenters. The highest BCUT2D eigenvalue weighted by atomic mass is 32.2. The minimum Gasteiger partial charge on any atom is -0.478 e. The van der Waals surface area contributed by atoms with Crippen LogP contribution < -0.4 is 5.73 Å². The number of carboxylic acid groups (broad SMARTS) is 1. The number of allylic oxidation sites excluding steroid dienone is 1. The van der Waals surface area contributed by atoms with Crippen LogP contribution in [0.15, 0.2) is 35.2 Å². The smallest absolute Gasteiger partial charge is 0.327 e. The van der Waals surface area contributed by atoms with E-state index < -0.39 is 15.8 Å². The van der Waals surface area contributed by atoms with E-state index in [-0.39, 0.29) is 10.6 Å². The van der Waals surface area contributed by atoms with E-state index in [9.17, 15) is 13.2 Å². The molecule has 17 heavy (non-hydrogen) atoms. The lowest BCUT2D eigenvalue weighted by molar-refractivity contribution is -0.131. The third-order valence-electron chi connectivity index (χ3n) is 2.09. The van der Waals surface area contributed by atoms with Crippen LogP contribution in [0, 0.1) is 0 Å². The molecule has 1 rings (SSSR count). The molecule has 0 aliphatic rings. The highest BCUT2D eigenvalue weighted by Crippen LogP contribution is 2.20. The molecule has 0 bridgehead atoms. The van der Waals surface area contributed by atoms with E-state index >= 15 is 0 Å². The normalized spacial score (nSPS) is 11.8. The van der Waals surface area contributed by atoms with Crippen LogP contribution in [-0.4, -0.2) is 25.7 Å². The summed E-state index contributed by atoms with van der Waals surface area (Å²) in [7, 11) is -3.36. The average Bonchev–Trinajstić information content (AvgIpc) is 2.18. The van der Waals surface area contributed by atoms with Gasteiger partial charge in [-0.15, -0.1) is 0 Å². The first-order valence-electron chi connectivity index (χ1n) is 4.78. The summed E-state index contributed by atoms with van der Waals surface area (Å²) in [4.78, 5) is 10.3. The topological polar surface area (TPSA) is 97.5 Å². The summed E-state index contributed by atoms with van der Waals surface area (Å²) < 4.78 is 22.8. The second-order valence-corrected chi connectivity index (χ2v) is 5.57. The van der Waals surface area contributed by atoms with Gasteiger partial charge in [-0.3, -0.25) is 0 Å². The Balaban J connectivity index is 3.02. The van der Waals surface area contributed by atoms with E-state index in [0.717, 1.165) is 12.3 Å². The lowest BCUT2D eigenvalue weighted by Gasteiger charge is -2.05. The zero-order chi connectivity index (χ0) is 13.1. The fraction of sp³-hybridized carbons (Fsp3) is 0.182. The van der Waals surface area contributed by atoms with E-state index in [1.807, 2.05) is 0 Å². The zero-order valence-electron chi connectivity index (χ0n) is 9.25. The third-order valence-corrected chi connectivity index (χ3v) is 3.24. The number of carbonyl (C=O) groups is 1. The number of hydrogen-bond acceptors (Lipinski definition) is 4. The fourth-order valence-electron chi connectivity index (χ4n) is 1.32. The van der Waals surface area contributed by atoms with Gasteiger partial charge >= 0.3 is 5.97 Å². The molecular weight excluding hydrogens is 242 g/mol. The number of anilines is 1. The van der Waals surface area contributed by atoms with Gasteiger partial charge in [0.25, 0.3) is 0 Å². The van der Waals surface area contributed by atoms with Gasteiger partial charge in [0, 0.05) is 12.3 Å². The van der Waals surface area contributed by atoms with E-state index in [4.69, 9.17) is 10.8 Å². The van der Waals surface area contributed by atoms with E-state index in [0.29, 0.717) is 12.0 Å². The summed E-state index contributed by atoms with van der Waals surface area (Å²) in [6, 6.07) is 4.62. The third kappa shape index (κ3) is 3.92. The van der Waals surface area contributed by atoms with Gasteiger partial charge in [-0.2, -0.15) is 0 Å². The first-order chi connectivity index (χ1) is 7.80. The lowest BCUT2D eigenvalue weighted by atomic mass is 10.1. The molecule has 6 heteroatoms. The number of benzene rings is 1. The number of carboxylic acids is 1. The number of hydrogen-bond donors (Lipinski definition) is 2. The molecule has 0 amide bonds. The van der Waals surface area contributed by atoms with Crippen molar-refractivity contribution in [3.63, 3.8) is 0 Å². The second kappa shape index (κ2) is 5.01. The van der Waals surface area contributed by atoms with Crippen molar-refractivity contribution in [1.29, 1.82) is 0 Å². The maximum atomic E-state index is 11.4. The number of rotatable bonds is 4. The highest BCUT2D eigenvalue weighted by Gasteiger charge is 2.11. The molecule has 3 N–H and O–H groups in total. The van der Waals surface area contributed by atoms with Crippen molar-refractivity contribution in [1.82, 2.24) is 0 Å². The SMILES string of the molecule is CS(=O)(=O)c1cc(C/C=C/C(=O)O)ccc1N. The van der Waals surface area contributed by atoms with Gasteiger partial charge in [-0.05, 0) is 24.1 Å². The summed E-state index contributed by atoms with van der Waals surface area (Å²) in [5.41, 5.74) is 6.45. The van der Waals surface area contributed by atoms with E-state index in [1.165, 1.54) is 18.2 Å². The molecular formula is C11H13NO4S. The number of sulfone groups is 1. The van der Waals surface area contributed by atoms with Crippen molar-refractivity contribution in [3.05, 3.63) is 35.9 Å². The van der Waals surface area contributed by atoms with Gasteiger partial charge in [-0.1, -0.05) is 12.1 Å². The van der Waals surface area contributed by atoms with Gasteiger partial charge in [-0.25, -0.2) is 13.2 Å². The van der Waals surface area contributed by atoms with Crippen molar-refractivity contribution < 1.29 is 18.3 Å². The van der Waals surface area contributed by atoms with Gasteiger partial charge in [0.05, 0.1) is 10.6 Å². The Morgan fingerprint density at radius 3 is 2.65 bits per heavy atom. The van der Waals surface area contributed by atoms with Crippen LogP contribution in [0.4, 0.5) is 5.69 Å². The van der Waals surface area contributed by atoms with Crippen LogP contribution >= 0.6 is 0 Å². The summed E-state index contributed by atoms with van der Waals surface area (Å²) in [6.45, 7) is 0. The zero-order valence-corrected chi connectivity index (χ0v) is 10.1. The van der Waals surface area contributed by atoms with Crippen LogP contribution in [0.1, 0.15) is 5.56 Å². The van der Waals surface area contributed by atoms with Crippen LogP contribution in [-0.2, 0) is 21.1 Å². The molecule has 0 saturated heterocycles. The largest absolute Gasteiger partial charge is 0.478 e. The quantitative estimate of drug-likeness (QED) is 0.614. The molecule has 0 unspecified atom stereocenters. The molecule has 0 aliphatic heterocycles. The predicted molar refractivity (Wildman–Crippen MR) is 64.4 cm³/mol. The fourth-order valence-corrected chi connectivity index (χ4v) is 2.18. The Hall–Kier alpha value is -1.82. The molecule has 0 saturated carbocycles. The molecule has 0 radical (unpaired) electrons. The Labute approximate surface area is 99.5 Å². The maximum Gasteiger partial charge on any atom is 0.327 e. The summed E-state index contributed by atoms with van der Waals surface area (Å²) >= 11 is 0. The highest BCUT2D eigenvalue weighted by molar-refractivity contribution is 7.90. The van der Waals surface area contributed by atoms with Crippen molar-refractivity contribution >= 4 is 21.5 Å². The van der Waals surface area contributed by atoms with Gasteiger partial charge in [0.1, 0.15) is 0 Å². The standard InChI is InChI=1S/C11H13NO4S/c1-17(15,16)10-7-8(5-6-9(10)12)3-2-4-11(13)14/h2,4-7H,3,12H2,1H3,(H,13,14)/b4-2+. The van der Waals surface area contributed by atoms with Crippen LogP contribution in [0.25, 0.3) is 0 Å². The minimum absolute atomic E-state index is 0.0683. The molecule has 0 spiro atoms. The summed E-state index contributed by atoms with van der Waals surface area (Å²) in [5, 5.41) is 8.42. The van der Waals surface area contributed by atoms with Crippen LogP contribution in [0.2, 0.25) is 0 Å². The van der Waals surface area contributed by atoms with Crippen LogP contribution in [0.5, 0.6) is 0 Å². The Kier molecular flexibility index (Phi) is 3.90. The summed E-state index contributed by atoms with van der Waals surface area (Å²) in [6.07, 6.45) is 3.88. The minimum atomic E-state index is -3.36. The number of nitrogens with two attached hydrogens (primary N) is 1. The molecule has 0 heterocycles. The molecule has 0 aliphatic carbocycles. The number of aliphatic carboxylic acids is 1. The van der Waals surface area contributed by atoms with Gasteiger partial charge in [0.15, 0.2) is 9.84 Å². The first kappa shape index (κ1) is 13.2.